The van der Waals surface area contributed by atoms with Crippen molar-refractivity contribution in [3.05, 3.63) is 83.6 Å². The van der Waals surface area contributed by atoms with Crippen LogP contribution in [0.25, 0.3) is 12.2 Å². The predicted octanol–water partition coefficient (Wildman–Crippen LogP) is 3.10. The van der Waals surface area contributed by atoms with Gasteiger partial charge in [-0.05, 0) is 12.2 Å². The predicted molar refractivity (Wildman–Crippen MR) is 98.4 cm³/mol. The molecule has 3 heterocycles. The molecule has 1 aromatic heterocycles. The third-order valence-electron chi connectivity index (χ3n) is 3.35. The van der Waals surface area contributed by atoms with E-state index in [1.807, 2.05) is 54.7 Å². The van der Waals surface area contributed by atoms with Gasteiger partial charge in [0.05, 0.1) is 0 Å². The monoisotopic (exact) mass is 358 g/mol. The van der Waals surface area contributed by atoms with E-state index in [0.717, 1.165) is 34.2 Å². The van der Waals surface area contributed by atoms with Crippen molar-refractivity contribution in [3.8, 4) is 0 Å². The molecule has 122 valence electrons. The number of rotatable bonds is 5. The first-order valence-electron chi connectivity index (χ1n) is 7.32. The van der Waals surface area contributed by atoms with Gasteiger partial charge in [0.1, 0.15) is 0 Å². The van der Waals surface area contributed by atoms with Gasteiger partial charge < -0.3 is 5.73 Å². The van der Waals surface area contributed by atoms with E-state index in [1.165, 1.54) is 0 Å². The molecule has 3 N–H and O–H groups in total. The van der Waals surface area contributed by atoms with E-state index in [2.05, 4.69) is 36.6 Å². The molecule has 0 fully saturated rings. The Bertz CT molecular complexity index is 902. The Labute approximate surface area is 148 Å². The molecule has 0 amide bonds. The number of hydrogen-bond donors (Lipinski definition) is 2. The molecule has 3 rings (SSSR count). The van der Waals surface area contributed by atoms with Crippen LogP contribution in [0.3, 0.4) is 0 Å². The molecule has 0 spiro atoms. The van der Waals surface area contributed by atoms with Gasteiger partial charge in [-0.25, -0.2) is 0 Å². The Morgan fingerprint density at radius 3 is 2.38 bits per heavy atom. The molecule has 0 saturated carbocycles. The van der Waals surface area contributed by atoms with Gasteiger partial charge in [-0.3, -0.25) is 0 Å². The molecule has 0 aliphatic carbocycles. The first-order chi connectivity index (χ1) is 11.7. The summed E-state index contributed by atoms with van der Waals surface area (Å²) in [6.45, 7) is 3.63. The minimum atomic E-state index is 0.616. The van der Waals surface area contributed by atoms with Gasteiger partial charge in [-0.1, -0.05) is 6.58 Å². The van der Waals surface area contributed by atoms with Crippen LogP contribution in [0.5, 0.6) is 0 Å². The number of nitrogens with two attached hydrogens (primary N) is 1. The normalized spacial score (nSPS) is 20.0. The molecule has 1 aromatic rings. The Kier molecular flexibility index (Phi) is 4.83. The molecule has 0 atom stereocenters. The summed E-state index contributed by atoms with van der Waals surface area (Å²) in [4.78, 5) is 13.8. The summed E-state index contributed by atoms with van der Waals surface area (Å²) in [5.41, 5.74) is 11.6. The summed E-state index contributed by atoms with van der Waals surface area (Å²) in [6.07, 6.45) is 15.1. The topological polar surface area (TPSA) is 66.5 Å². The van der Waals surface area contributed by atoms with Crippen molar-refractivity contribution < 1.29 is 15.0 Å². The Balaban J connectivity index is 1.76. The van der Waals surface area contributed by atoms with E-state index >= 15 is 0 Å². The molecule has 2 aliphatic heterocycles. The third kappa shape index (κ3) is 3.95. The average Bonchev–Trinajstić information content (AvgIpc) is 3.30. The van der Waals surface area contributed by atoms with E-state index in [4.69, 9.17) is 5.73 Å². The van der Waals surface area contributed by atoms with Gasteiger partial charge >= 0.3 is 118 Å². The molecule has 4 nitrogen and oxygen atoms in total. The summed E-state index contributed by atoms with van der Waals surface area (Å²) < 4.78 is 0. The first kappa shape index (κ1) is 16.1. The number of aromatic nitrogens is 1. The molecule has 24 heavy (non-hydrogen) atoms. The maximum atomic E-state index is 5.74. The average molecular weight is 359 g/mol. The molecular formula is C19H16N4Ni. The van der Waals surface area contributed by atoms with Gasteiger partial charge in [0.2, 0.25) is 0 Å². The van der Waals surface area contributed by atoms with Crippen LogP contribution in [0, 0.1) is 0 Å². The zero-order valence-corrected chi connectivity index (χ0v) is 13.8. The van der Waals surface area contributed by atoms with Crippen LogP contribution < -0.4 is 5.73 Å². The maximum absolute atomic E-state index is 5.74. The molecule has 5 heteroatoms. The van der Waals surface area contributed by atoms with Crippen LogP contribution in [-0.4, -0.2) is 21.4 Å². The number of nitrogens with one attached hydrogen (secondary N) is 1. The fourth-order valence-electron chi connectivity index (χ4n) is 2.23. The van der Waals surface area contributed by atoms with Gasteiger partial charge in [0.25, 0.3) is 0 Å². The summed E-state index contributed by atoms with van der Waals surface area (Å²) in [5.74, 6) is 0. The number of nitrogens with zero attached hydrogens (tertiary/aromatic N) is 2. The molecule has 0 aromatic carbocycles. The molecule has 0 unspecified atom stereocenters. The minimum absolute atomic E-state index is 0.616. The van der Waals surface area contributed by atoms with E-state index in [-0.39, 0.29) is 0 Å². The molecule has 0 saturated heterocycles. The Morgan fingerprint density at radius 1 is 1.00 bits per heavy atom. The molecule has 2 aliphatic rings. The van der Waals surface area contributed by atoms with Crippen molar-refractivity contribution in [1.82, 2.24) is 4.98 Å². The Hall–Kier alpha value is -2.78. The SMILES string of the molecule is C=CC(N)=Cc1ccc(C=C2C=CC(C=C3C=CC([CH]=[Ni])=N3)=N2)[nH]1. The second kappa shape index (κ2) is 7.20. The number of aromatic amines is 1. The number of allylic oxidation sites excluding steroid dienone is 6. The van der Waals surface area contributed by atoms with Crippen LogP contribution in [0.15, 0.2) is 82.2 Å². The van der Waals surface area contributed by atoms with Crippen LogP contribution in [0.4, 0.5) is 0 Å². The van der Waals surface area contributed by atoms with E-state index in [1.54, 1.807) is 11.1 Å². The van der Waals surface area contributed by atoms with Crippen LogP contribution in [0.2, 0.25) is 0 Å². The quantitative estimate of drug-likeness (QED) is 0.616. The first-order valence-corrected chi connectivity index (χ1v) is 7.89. The number of aliphatic imine (C=N–C) groups is 2. The van der Waals surface area contributed by atoms with Gasteiger partial charge in [-0.2, -0.15) is 0 Å². The van der Waals surface area contributed by atoms with Crippen LogP contribution in [0.1, 0.15) is 11.4 Å². The van der Waals surface area contributed by atoms with E-state index < -0.39 is 0 Å². The van der Waals surface area contributed by atoms with Crippen LogP contribution >= 0.6 is 0 Å². The molecular weight excluding hydrogens is 343 g/mol. The van der Waals surface area contributed by atoms with Crippen molar-refractivity contribution >= 4 is 28.6 Å². The third-order valence-corrected chi connectivity index (χ3v) is 3.64. The molecule has 0 radical (unpaired) electrons. The van der Waals surface area contributed by atoms with Crippen molar-refractivity contribution in [2.75, 3.05) is 0 Å². The van der Waals surface area contributed by atoms with Crippen molar-refractivity contribution in [2.24, 2.45) is 15.7 Å². The number of hydrogen-bond acceptors (Lipinski definition) is 3. The van der Waals surface area contributed by atoms with Gasteiger partial charge in [0.15, 0.2) is 0 Å². The fraction of sp³-hybridized carbons (Fsp3) is 0. The summed E-state index contributed by atoms with van der Waals surface area (Å²) in [5, 5.41) is 0. The van der Waals surface area contributed by atoms with Gasteiger partial charge in [-0.15, -0.1) is 0 Å². The second-order valence-electron chi connectivity index (χ2n) is 5.19. The number of H-pyrrole nitrogens is 1. The van der Waals surface area contributed by atoms with Crippen molar-refractivity contribution in [1.29, 1.82) is 0 Å². The fourth-order valence-corrected chi connectivity index (χ4v) is 2.39. The second-order valence-corrected chi connectivity index (χ2v) is 5.47. The summed E-state index contributed by atoms with van der Waals surface area (Å²) >= 11 is 4.58. The van der Waals surface area contributed by atoms with Crippen molar-refractivity contribution in [3.63, 3.8) is 0 Å². The molecule has 0 bridgehead atoms. The van der Waals surface area contributed by atoms with E-state index in [9.17, 15) is 0 Å². The van der Waals surface area contributed by atoms with Gasteiger partial charge in [0, 0.05) is 5.70 Å². The zero-order chi connectivity index (χ0) is 16.9. The standard InChI is InChI=1S/C19H16N4.Ni/c1-3-14(20)10-15-6-7-18(22-15)12-19-9-8-17(23-19)11-16-5-4-13(2)21-16;/h2-12,22H,1,20H2;. The summed E-state index contributed by atoms with van der Waals surface area (Å²) in [6, 6.07) is 3.94. The zero-order valence-electron chi connectivity index (χ0n) is 12.8. The Morgan fingerprint density at radius 2 is 1.67 bits per heavy atom. The van der Waals surface area contributed by atoms with E-state index in [0.29, 0.717) is 5.70 Å². The summed E-state index contributed by atoms with van der Waals surface area (Å²) in [7, 11) is 0. The van der Waals surface area contributed by atoms with Crippen molar-refractivity contribution in [2.45, 2.75) is 0 Å². The van der Waals surface area contributed by atoms with Crippen LogP contribution in [-0.2, 0) is 15.0 Å².